The summed E-state index contributed by atoms with van der Waals surface area (Å²) in [4.78, 5) is 14.7. The SMILES string of the molecule is CC1CCCN(CCCNC(=O)C2CCN(S(C)(=O)=O)CC2)C1. The molecule has 0 saturated carbocycles. The van der Waals surface area contributed by atoms with E-state index in [0.29, 0.717) is 25.9 Å². The maximum atomic E-state index is 12.2. The van der Waals surface area contributed by atoms with Gasteiger partial charge in [0.1, 0.15) is 0 Å². The van der Waals surface area contributed by atoms with Crippen LogP contribution in [-0.4, -0.2) is 69.1 Å². The molecule has 1 amide bonds. The number of likely N-dealkylation sites (tertiary alicyclic amines) is 1. The Morgan fingerprint density at radius 3 is 2.48 bits per heavy atom. The van der Waals surface area contributed by atoms with Gasteiger partial charge >= 0.3 is 0 Å². The van der Waals surface area contributed by atoms with Crippen molar-refractivity contribution in [2.24, 2.45) is 11.8 Å². The van der Waals surface area contributed by atoms with Crippen molar-refractivity contribution in [2.75, 3.05) is 45.5 Å². The summed E-state index contributed by atoms with van der Waals surface area (Å²) in [5.74, 6) is 0.839. The average molecular weight is 346 g/mol. The van der Waals surface area contributed by atoms with Crippen LogP contribution in [0.5, 0.6) is 0 Å². The van der Waals surface area contributed by atoms with Gasteiger partial charge in [-0.2, -0.15) is 0 Å². The minimum Gasteiger partial charge on any atom is -0.356 e. The normalized spacial score (nSPS) is 25.4. The maximum Gasteiger partial charge on any atom is 0.223 e. The zero-order valence-corrected chi connectivity index (χ0v) is 15.3. The fraction of sp³-hybridized carbons (Fsp3) is 0.938. The second kappa shape index (κ2) is 8.44. The molecule has 0 aromatic heterocycles. The lowest BCUT2D eigenvalue weighted by Crippen LogP contribution is -2.43. The monoisotopic (exact) mass is 345 g/mol. The Hall–Kier alpha value is -0.660. The molecule has 2 aliphatic rings. The molecular weight excluding hydrogens is 314 g/mol. The molecule has 0 spiro atoms. The third-order valence-corrected chi connectivity index (χ3v) is 6.29. The van der Waals surface area contributed by atoms with Crippen LogP contribution in [0.25, 0.3) is 0 Å². The van der Waals surface area contributed by atoms with E-state index in [4.69, 9.17) is 0 Å². The highest BCUT2D eigenvalue weighted by atomic mass is 32.2. The lowest BCUT2D eigenvalue weighted by molar-refractivity contribution is -0.126. The number of carbonyl (C=O) groups excluding carboxylic acids is 1. The van der Waals surface area contributed by atoms with Crippen molar-refractivity contribution in [3.8, 4) is 0 Å². The third-order valence-electron chi connectivity index (χ3n) is 4.99. The molecule has 1 N–H and O–H groups in total. The zero-order valence-electron chi connectivity index (χ0n) is 14.5. The molecule has 2 fully saturated rings. The number of piperidine rings is 2. The molecule has 0 aliphatic carbocycles. The Bertz CT molecular complexity index is 487. The Kier molecular flexibility index (Phi) is 6.85. The predicted octanol–water partition coefficient (Wildman–Crippen LogP) is 0.896. The van der Waals surface area contributed by atoms with Crippen molar-refractivity contribution in [1.29, 1.82) is 0 Å². The summed E-state index contributed by atoms with van der Waals surface area (Å²) >= 11 is 0. The number of hydrogen-bond donors (Lipinski definition) is 1. The molecule has 0 radical (unpaired) electrons. The fourth-order valence-corrected chi connectivity index (χ4v) is 4.47. The first kappa shape index (κ1) is 18.7. The number of sulfonamides is 1. The first-order valence-electron chi connectivity index (χ1n) is 8.81. The van der Waals surface area contributed by atoms with Crippen LogP contribution in [0.4, 0.5) is 0 Å². The minimum atomic E-state index is -3.12. The second-order valence-corrected chi connectivity index (χ2v) is 9.11. The molecule has 23 heavy (non-hydrogen) atoms. The second-order valence-electron chi connectivity index (χ2n) is 7.13. The van der Waals surface area contributed by atoms with E-state index in [1.54, 1.807) is 0 Å². The van der Waals surface area contributed by atoms with Crippen molar-refractivity contribution < 1.29 is 13.2 Å². The average Bonchev–Trinajstić information content (AvgIpc) is 2.51. The first-order chi connectivity index (χ1) is 10.9. The maximum absolute atomic E-state index is 12.2. The highest BCUT2D eigenvalue weighted by Crippen LogP contribution is 2.19. The standard InChI is InChI=1S/C16H31N3O3S/c1-14-5-3-9-18(13-14)10-4-8-17-16(20)15-6-11-19(12-7-15)23(2,21)22/h14-15H,3-13H2,1-2H3,(H,17,20). The number of carbonyl (C=O) groups is 1. The van der Waals surface area contributed by atoms with E-state index >= 15 is 0 Å². The van der Waals surface area contributed by atoms with Gasteiger partial charge in [0.2, 0.25) is 15.9 Å². The number of nitrogens with zero attached hydrogens (tertiary/aromatic N) is 2. The van der Waals surface area contributed by atoms with Crippen LogP contribution in [0.1, 0.15) is 39.0 Å². The molecular formula is C16H31N3O3S. The van der Waals surface area contributed by atoms with Gasteiger partial charge in [-0.3, -0.25) is 4.79 Å². The van der Waals surface area contributed by atoms with Gasteiger partial charge < -0.3 is 10.2 Å². The van der Waals surface area contributed by atoms with Gasteiger partial charge in [-0.1, -0.05) is 6.92 Å². The Morgan fingerprint density at radius 1 is 1.17 bits per heavy atom. The van der Waals surface area contributed by atoms with Crippen molar-refractivity contribution in [2.45, 2.75) is 39.0 Å². The van der Waals surface area contributed by atoms with E-state index in [9.17, 15) is 13.2 Å². The topological polar surface area (TPSA) is 69.7 Å². The molecule has 2 heterocycles. The lowest BCUT2D eigenvalue weighted by atomic mass is 9.97. The van der Waals surface area contributed by atoms with Crippen LogP contribution >= 0.6 is 0 Å². The van der Waals surface area contributed by atoms with Gasteiger partial charge in [0.05, 0.1) is 6.26 Å². The third kappa shape index (κ3) is 6.04. The summed E-state index contributed by atoms with van der Waals surface area (Å²) in [5, 5.41) is 3.02. The largest absolute Gasteiger partial charge is 0.356 e. The number of nitrogens with one attached hydrogen (secondary N) is 1. The smallest absolute Gasteiger partial charge is 0.223 e. The van der Waals surface area contributed by atoms with Gasteiger partial charge in [0.25, 0.3) is 0 Å². The number of amides is 1. The summed E-state index contributed by atoms with van der Waals surface area (Å²) in [6, 6.07) is 0. The van der Waals surface area contributed by atoms with E-state index in [1.807, 2.05) is 0 Å². The minimum absolute atomic E-state index is 0.0389. The van der Waals surface area contributed by atoms with Crippen LogP contribution in [0, 0.1) is 11.8 Å². The van der Waals surface area contributed by atoms with Gasteiger partial charge in [-0.25, -0.2) is 12.7 Å². The summed E-state index contributed by atoms with van der Waals surface area (Å²) in [7, 11) is -3.12. The molecule has 1 unspecified atom stereocenters. The molecule has 134 valence electrons. The highest BCUT2D eigenvalue weighted by Gasteiger charge is 2.28. The van der Waals surface area contributed by atoms with Gasteiger partial charge in [0, 0.05) is 32.1 Å². The van der Waals surface area contributed by atoms with E-state index in [2.05, 4.69) is 17.1 Å². The summed E-state index contributed by atoms with van der Waals surface area (Å²) in [6.07, 6.45) is 6.09. The Morgan fingerprint density at radius 2 is 1.87 bits per heavy atom. The number of rotatable bonds is 6. The van der Waals surface area contributed by atoms with E-state index in [0.717, 1.165) is 25.4 Å². The Labute approximate surface area is 140 Å². The zero-order chi connectivity index (χ0) is 16.9. The van der Waals surface area contributed by atoms with Gasteiger partial charge in [-0.05, 0) is 51.1 Å². The number of hydrogen-bond acceptors (Lipinski definition) is 4. The van der Waals surface area contributed by atoms with Crippen molar-refractivity contribution >= 4 is 15.9 Å². The van der Waals surface area contributed by atoms with Crippen LogP contribution in [0.15, 0.2) is 0 Å². The van der Waals surface area contributed by atoms with Crippen LogP contribution in [0.3, 0.4) is 0 Å². The summed E-state index contributed by atoms with van der Waals surface area (Å²) < 4.78 is 24.4. The highest BCUT2D eigenvalue weighted by molar-refractivity contribution is 7.88. The van der Waals surface area contributed by atoms with Gasteiger partial charge in [0.15, 0.2) is 0 Å². The predicted molar refractivity (Wildman–Crippen MR) is 91.6 cm³/mol. The lowest BCUT2D eigenvalue weighted by Gasteiger charge is -2.31. The fourth-order valence-electron chi connectivity index (χ4n) is 3.60. The Balaban J connectivity index is 1.60. The van der Waals surface area contributed by atoms with Gasteiger partial charge in [-0.15, -0.1) is 0 Å². The molecule has 2 saturated heterocycles. The first-order valence-corrected chi connectivity index (χ1v) is 10.7. The molecule has 2 aliphatic heterocycles. The van der Waals surface area contributed by atoms with Crippen molar-refractivity contribution in [1.82, 2.24) is 14.5 Å². The summed E-state index contributed by atoms with van der Waals surface area (Å²) in [6.45, 7) is 7.36. The van der Waals surface area contributed by atoms with E-state index < -0.39 is 10.0 Å². The van der Waals surface area contributed by atoms with Crippen molar-refractivity contribution in [3.05, 3.63) is 0 Å². The van der Waals surface area contributed by atoms with Crippen LogP contribution in [-0.2, 0) is 14.8 Å². The van der Waals surface area contributed by atoms with Crippen LogP contribution < -0.4 is 5.32 Å². The molecule has 6 nitrogen and oxygen atoms in total. The quantitative estimate of drug-likeness (QED) is 0.726. The van der Waals surface area contributed by atoms with E-state index in [1.165, 1.54) is 36.5 Å². The molecule has 1 atom stereocenters. The van der Waals surface area contributed by atoms with Crippen molar-refractivity contribution in [3.63, 3.8) is 0 Å². The molecule has 2 rings (SSSR count). The van der Waals surface area contributed by atoms with E-state index in [-0.39, 0.29) is 11.8 Å². The molecule has 0 aromatic rings. The molecule has 0 aromatic carbocycles. The molecule has 7 heteroatoms. The molecule has 0 bridgehead atoms. The van der Waals surface area contributed by atoms with Crippen LogP contribution in [0.2, 0.25) is 0 Å². The summed E-state index contributed by atoms with van der Waals surface area (Å²) in [5.41, 5.74) is 0.